The highest BCUT2D eigenvalue weighted by atomic mass is 16.5. The van der Waals surface area contributed by atoms with Gasteiger partial charge in [-0.1, -0.05) is 30.3 Å². The van der Waals surface area contributed by atoms with E-state index in [9.17, 15) is 9.90 Å². The fraction of sp³-hybridized carbons (Fsp3) is 0.0625. The largest absolute Gasteiger partial charge is 0.507 e. The molecule has 3 heteroatoms. The van der Waals surface area contributed by atoms with Gasteiger partial charge in [0.2, 0.25) is 0 Å². The smallest absolute Gasteiger partial charge is 0.189 e. The van der Waals surface area contributed by atoms with Crippen LogP contribution in [-0.4, -0.2) is 18.0 Å². The van der Waals surface area contributed by atoms with E-state index in [-0.39, 0.29) is 11.5 Å². The molecule has 0 spiro atoms. The van der Waals surface area contributed by atoms with Crippen LogP contribution in [0.5, 0.6) is 5.75 Å². The van der Waals surface area contributed by atoms with Crippen molar-refractivity contribution in [2.75, 3.05) is 7.11 Å². The average molecular weight is 254 g/mol. The van der Waals surface area contributed by atoms with Crippen molar-refractivity contribution in [3.63, 3.8) is 0 Å². The number of ketones is 1. The molecule has 0 fully saturated rings. The Labute approximate surface area is 111 Å². The van der Waals surface area contributed by atoms with E-state index in [2.05, 4.69) is 0 Å². The van der Waals surface area contributed by atoms with E-state index in [1.54, 1.807) is 55.6 Å². The number of carbonyl (C=O) groups excluding carboxylic acids is 1. The normalized spacial score (nSPS) is 11.1. The van der Waals surface area contributed by atoms with Gasteiger partial charge in [-0.3, -0.25) is 4.79 Å². The molecule has 2 aromatic rings. The predicted molar refractivity (Wildman–Crippen MR) is 74.4 cm³/mol. The van der Waals surface area contributed by atoms with Crippen LogP contribution in [0.15, 0.2) is 60.7 Å². The van der Waals surface area contributed by atoms with Gasteiger partial charge >= 0.3 is 0 Å². The summed E-state index contributed by atoms with van der Waals surface area (Å²) in [6, 6.07) is 15.7. The van der Waals surface area contributed by atoms with Crippen LogP contribution in [-0.2, 0) is 0 Å². The molecule has 0 aliphatic rings. The Bertz CT molecular complexity index is 583. The average Bonchev–Trinajstić information content (AvgIpc) is 2.48. The Balaban J connectivity index is 2.20. The van der Waals surface area contributed by atoms with Gasteiger partial charge in [-0.2, -0.15) is 0 Å². The van der Waals surface area contributed by atoms with E-state index in [1.165, 1.54) is 6.08 Å². The molecule has 1 N–H and O–H groups in total. The van der Waals surface area contributed by atoms with Gasteiger partial charge in [0, 0.05) is 17.2 Å². The second-order valence-corrected chi connectivity index (χ2v) is 3.99. The maximum Gasteiger partial charge on any atom is 0.189 e. The van der Waals surface area contributed by atoms with Crippen LogP contribution >= 0.6 is 0 Å². The van der Waals surface area contributed by atoms with Crippen molar-refractivity contribution in [2.45, 2.75) is 0 Å². The van der Waals surface area contributed by atoms with Crippen LogP contribution < -0.4 is 4.74 Å². The molecule has 0 saturated heterocycles. The van der Waals surface area contributed by atoms with Gasteiger partial charge in [-0.05, 0) is 24.3 Å². The first kappa shape index (κ1) is 12.9. The first-order valence-corrected chi connectivity index (χ1v) is 5.85. The molecule has 3 nitrogen and oxygen atoms in total. The van der Waals surface area contributed by atoms with Gasteiger partial charge in [0.25, 0.3) is 0 Å². The summed E-state index contributed by atoms with van der Waals surface area (Å²) in [5.41, 5.74) is 1.12. The first-order valence-electron chi connectivity index (χ1n) is 5.85. The Morgan fingerprint density at radius 2 is 1.63 bits per heavy atom. The molecule has 19 heavy (non-hydrogen) atoms. The molecule has 0 radical (unpaired) electrons. The lowest BCUT2D eigenvalue weighted by atomic mass is 10.1. The summed E-state index contributed by atoms with van der Waals surface area (Å²) in [5, 5.41) is 9.87. The molecule has 0 heterocycles. The number of carbonyl (C=O) groups is 1. The number of aliphatic hydroxyl groups excluding tert-OH is 1. The molecular formula is C16H14O3. The Morgan fingerprint density at radius 3 is 2.21 bits per heavy atom. The van der Waals surface area contributed by atoms with Gasteiger partial charge < -0.3 is 9.84 Å². The van der Waals surface area contributed by atoms with E-state index >= 15 is 0 Å². The van der Waals surface area contributed by atoms with E-state index in [1.807, 2.05) is 6.07 Å². The van der Waals surface area contributed by atoms with Crippen molar-refractivity contribution in [3.05, 3.63) is 71.8 Å². The van der Waals surface area contributed by atoms with Crippen LogP contribution in [0.4, 0.5) is 0 Å². The Kier molecular flexibility index (Phi) is 3.98. The van der Waals surface area contributed by atoms with Gasteiger partial charge in [0.05, 0.1) is 7.11 Å². The highest BCUT2D eigenvalue weighted by Crippen LogP contribution is 2.15. The second-order valence-electron chi connectivity index (χ2n) is 3.99. The summed E-state index contributed by atoms with van der Waals surface area (Å²) in [5.74, 6) is 0.401. The summed E-state index contributed by atoms with van der Waals surface area (Å²) in [4.78, 5) is 12.0. The lowest BCUT2D eigenvalue weighted by Crippen LogP contribution is -1.96. The van der Waals surface area contributed by atoms with E-state index < -0.39 is 0 Å². The van der Waals surface area contributed by atoms with Gasteiger partial charge in [0.15, 0.2) is 5.78 Å². The molecule has 0 amide bonds. The van der Waals surface area contributed by atoms with Crippen LogP contribution in [0.3, 0.4) is 0 Å². The summed E-state index contributed by atoms with van der Waals surface area (Å²) >= 11 is 0. The second kappa shape index (κ2) is 5.87. The van der Waals surface area contributed by atoms with Crippen molar-refractivity contribution in [1.82, 2.24) is 0 Å². The molecule has 0 saturated carbocycles. The molecule has 2 rings (SSSR count). The SMILES string of the molecule is COc1ccc(C(=O)C=C(O)c2ccccc2)cc1. The molecule has 0 aliphatic carbocycles. The highest BCUT2D eigenvalue weighted by Gasteiger charge is 2.06. The Hall–Kier alpha value is -2.55. The minimum absolute atomic E-state index is 0.0404. The predicted octanol–water partition coefficient (Wildman–Crippen LogP) is 3.48. The topological polar surface area (TPSA) is 46.5 Å². The molecule has 0 bridgehead atoms. The molecule has 2 aromatic carbocycles. The highest BCUT2D eigenvalue weighted by molar-refractivity contribution is 6.07. The number of methoxy groups -OCH3 is 1. The van der Waals surface area contributed by atoms with Crippen LogP contribution in [0.25, 0.3) is 5.76 Å². The number of rotatable bonds is 4. The third-order valence-corrected chi connectivity index (χ3v) is 2.71. The maximum absolute atomic E-state index is 12.0. The minimum atomic E-state index is -0.246. The third-order valence-electron chi connectivity index (χ3n) is 2.71. The summed E-state index contributed by atoms with van der Waals surface area (Å²) in [7, 11) is 1.57. The van der Waals surface area contributed by atoms with E-state index in [0.717, 1.165) is 0 Å². The summed E-state index contributed by atoms with van der Waals surface area (Å²) in [6.45, 7) is 0. The minimum Gasteiger partial charge on any atom is -0.507 e. The zero-order valence-corrected chi connectivity index (χ0v) is 10.5. The lowest BCUT2D eigenvalue weighted by Gasteiger charge is -2.02. The van der Waals surface area contributed by atoms with Gasteiger partial charge in [-0.15, -0.1) is 0 Å². The fourth-order valence-corrected chi connectivity index (χ4v) is 1.66. The van der Waals surface area contributed by atoms with Crippen molar-refractivity contribution in [1.29, 1.82) is 0 Å². The van der Waals surface area contributed by atoms with E-state index in [4.69, 9.17) is 4.74 Å². The molecule has 96 valence electrons. The fourth-order valence-electron chi connectivity index (χ4n) is 1.66. The third kappa shape index (κ3) is 3.22. The van der Waals surface area contributed by atoms with Crippen molar-refractivity contribution < 1.29 is 14.6 Å². The first-order chi connectivity index (χ1) is 9.20. The quantitative estimate of drug-likeness (QED) is 0.516. The monoisotopic (exact) mass is 254 g/mol. The van der Waals surface area contributed by atoms with Crippen LogP contribution in [0, 0.1) is 0 Å². The summed E-state index contributed by atoms with van der Waals surface area (Å²) < 4.78 is 5.02. The van der Waals surface area contributed by atoms with Gasteiger partial charge in [0.1, 0.15) is 11.5 Å². The standard InChI is InChI=1S/C16H14O3/c1-19-14-9-7-13(8-10-14)16(18)11-15(17)12-5-3-2-4-6-12/h2-11,17H,1H3. The van der Waals surface area contributed by atoms with E-state index in [0.29, 0.717) is 16.9 Å². The molecule has 0 atom stereocenters. The van der Waals surface area contributed by atoms with Crippen LogP contribution in [0.1, 0.15) is 15.9 Å². The van der Waals surface area contributed by atoms with Gasteiger partial charge in [-0.25, -0.2) is 0 Å². The molecular weight excluding hydrogens is 240 g/mol. The lowest BCUT2D eigenvalue weighted by molar-refractivity contribution is 0.104. The number of aliphatic hydroxyl groups is 1. The zero-order chi connectivity index (χ0) is 13.7. The molecule has 0 unspecified atom stereocenters. The zero-order valence-electron chi connectivity index (χ0n) is 10.5. The number of allylic oxidation sites excluding steroid dienone is 1. The van der Waals surface area contributed by atoms with Crippen molar-refractivity contribution >= 4 is 11.5 Å². The van der Waals surface area contributed by atoms with Crippen molar-refractivity contribution in [2.24, 2.45) is 0 Å². The van der Waals surface area contributed by atoms with Crippen molar-refractivity contribution in [3.8, 4) is 5.75 Å². The Morgan fingerprint density at radius 1 is 1.00 bits per heavy atom. The van der Waals surface area contributed by atoms with Crippen LogP contribution in [0.2, 0.25) is 0 Å². The summed E-state index contributed by atoms with van der Waals surface area (Å²) in [6.07, 6.45) is 1.22. The number of hydrogen-bond acceptors (Lipinski definition) is 3. The number of benzene rings is 2. The molecule has 0 aliphatic heterocycles. The number of ether oxygens (including phenoxy) is 1. The molecule has 0 aromatic heterocycles. The maximum atomic E-state index is 12.0. The number of hydrogen-bond donors (Lipinski definition) is 1.